The second-order valence-electron chi connectivity index (χ2n) is 4.63. The topological polar surface area (TPSA) is 49.3 Å². The summed E-state index contributed by atoms with van der Waals surface area (Å²) in [6, 6.07) is -0.308. The normalized spacial score (nSPS) is 44.4. The molecule has 2 aliphatic rings. The first kappa shape index (κ1) is 9.00. The van der Waals surface area contributed by atoms with Crippen LogP contribution >= 0.6 is 0 Å². The van der Waals surface area contributed by atoms with Crippen molar-refractivity contribution in [3.8, 4) is 0 Å². The summed E-state index contributed by atoms with van der Waals surface area (Å²) in [7, 11) is 0. The van der Waals surface area contributed by atoms with Crippen LogP contribution in [0.4, 0.5) is 0 Å². The largest absolute Gasteiger partial charge is 0.480 e. The smallest absolute Gasteiger partial charge is 0.321 e. The molecule has 0 aromatic heterocycles. The van der Waals surface area contributed by atoms with Crippen molar-refractivity contribution in [1.29, 1.82) is 0 Å². The van der Waals surface area contributed by atoms with E-state index in [0.717, 1.165) is 13.0 Å². The van der Waals surface area contributed by atoms with Crippen molar-refractivity contribution < 1.29 is 9.90 Å². The monoisotopic (exact) mass is 183 g/mol. The number of rotatable bonds is 1. The number of hydrogen-bond acceptors (Lipinski definition) is 2. The molecule has 1 heterocycles. The predicted octanol–water partition coefficient (Wildman–Crippen LogP) is 1.24. The number of aliphatic carboxylic acids is 1. The van der Waals surface area contributed by atoms with E-state index >= 15 is 0 Å². The molecule has 13 heavy (non-hydrogen) atoms. The van der Waals surface area contributed by atoms with Gasteiger partial charge in [0, 0.05) is 0 Å². The molecule has 0 bridgehead atoms. The van der Waals surface area contributed by atoms with Crippen LogP contribution in [0.1, 0.15) is 32.6 Å². The fraction of sp³-hybridized carbons (Fsp3) is 0.900. The molecule has 3 heteroatoms. The van der Waals surface area contributed by atoms with E-state index in [2.05, 4.69) is 12.2 Å². The van der Waals surface area contributed by atoms with Gasteiger partial charge in [0.2, 0.25) is 0 Å². The molecule has 2 fully saturated rings. The Hall–Kier alpha value is -0.570. The van der Waals surface area contributed by atoms with Crippen molar-refractivity contribution in [2.24, 2.45) is 11.3 Å². The van der Waals surface area contributed by atoms with Crippen molar-refractivity contribution in [3.63, 3.8) is 0 Å². The van der Waals surface area contributed by atoms with Crippen molar-refractivity contribution in [2.75, 3.05) is 6.54 Å². The van der Waals surface area contributed by atoms with E-state index in [1.54, 1.807) is 0 Å². The summed E-state index contributed by atoms with van der Waals surface area (Å²) >= 11 is 0. The Balaban J connectivity index is 2.20. The molecule has 0 radical (unpaired) electrons. The summed E-state index contributed by atoms with van der Waals surface area (Å²) in [5, 5.41) is 12.2. The van der Waals surface area contributed by atoms with E-state index in [4.69, 9.17) is 5.11 Å². The van der Waals surface area contributed by atoms with Crippen molar-refractivity contribution in [1.82, 2.24) is 5.32 Å². The van der Waals surface area contributed by atoms with Gasteiger partial charge in [-0.05, 0) is 30.7 Å². The molecule has 3 atom stereocenters. The van der Waals surface area contributed by atoms with E-state index in [1.165, 1.54) is 19.3 Å². The summed E-state index contributed by atoms with van der Waals surface area (Å²) in [5.41, 5.74) is 0.0179. The number of nitrogens with one attached hydrogen (secondary N) is 1. The molecule has 74 valence electrons. The Morgan fingerprint density at radius 2 is 2.31 bits per heavy atom. The van der Waals surface area contributed by atoms with E-state index in [0.29, 0.717) is 5.92 Å². The zero-order valence-corrected chi connectivity index (χ0v) is 8.05. The van der Waals surface area contributed by atoms with Crippen LogP contribution in [0.25, 0.3) is 0 Å². The quantitative estimate of drug-likeness (QED) is 0.643. The molecule has 1 saturated heterocycles. The lowest BCUT2D eigenvalue weighted by atomic mass is 9.66. The molecular formula is C10H17NO2. The van der Waals surface area contributed by atoms with Gasteiger partial charge >= 0.3 is 5.97 Å². The molecule has 0 aromatic rings. The number of hydrogen-bond donors (Lipinski definition) is 2. The fourth-order valence-corrected chi connectivity index (χ4v) is 3.01. The summed E-state index contributed by atoms with van der Waals surface area (Å²) in [6.45, 7) is 3.03. The molecule has 1 aliphatic heterocycles. The summed E-state index contributed by atoms with van der Waals surface area (Å²) in [6.07, 6.45) is 4.74. The van der Waals surface area contributed by atoms with Crippen molar-refractivity contribution in [3.05, 3.63) is 0 Å². The number of carbonyl (C=O) groups is 1. The third-order valence-electron chi connectivity index (χ3n) is 3.93. The first-order valence-corrected chi connectivity index (χ1v) is 5.11. The number of carboxylic acid groups (broad SMARTS) is 1. The average molecular weight is 183 g/mol. The molecule has 2 N–H and O–H groups in total. The van der Waals surface area contributed by atoms with E-state index < -0.39 is 5.97 Å². The first-order valence-electron chi connectivity index (χ1n) is 5.11. The van der Waals surface area contributed by atoms with Crippen LogP contribution in [0.15, 0.2) is 0 Å². The van der Waals surface area contributed by atoms with Gasteiger partial charge in [0.15, 0.2) is 0 Å². The maximum atomic E-state index is 11.0. The van der Waals surface area contributed by atoms with Gasteiger partial charge in [0.1, 0.15) is 6.04 Å². The van der Waals surface area contributed by atoms with Gasteiger partial charge in [-0.15, -0.1) is 0 Å². The molecule has 3 unspecified atom stereocenters. The van der Waals surface area contributed by atoms with Crippen LogP contribution in [0.5, 0.6) is 0 Å². The molecule has 2 rings (SSSR count). The number of fused-ring (bicyclic) bond motifs is 1. The number of carboxylic acids is 1. The molecule has 0 spiro atoms. The van der Waals surface area contributed by atoms with Gasteiger partial charge < -0.3 is 10.4 Å². The van der Waals surface area contributed by atoms with Crippen LogP contribution in [0.2, 0.25) is 0 Å². The Morgan fingerprint density at radius 3 is 3.00 bits per heavy atom. The zero-order chi connectivity index (χ0) is 9.47. The van der Waals surface area contributed by atoms with Crippen LogP contribution in [0.3, 0.4) is 0 Å². The first-order chi connectivity index (χ1) is 6.14. The van der Waals surface area contributed by atoms with E-state index in [1.807, 2.05) is 0 Å². The Morgan fingerprint density at radius 1 is 1.54 bits per heavy atom. The van der Waals surface area contributed by atoms with Crippen LogP contribution in [-0.2, 0) is 4.79 Å². The lowest BCUT2D eigenvalue weighted by Crippen LogP contribution is -2.44. The Kier molecular flexibility index (Phi) is 2.06. The van der Waals surface area contributed by atoms with Gasteiger partial charge in [0.05, 0.1) is 0 Å². The second kappa shape index (κ2) is 2.98. The van der Waals surface area contributed by atoms with Crippen LogP contribution in [0, 0.1) is 11.3 Å². The molecule has 3 nitrogen and oxygen atoms in total. The van der Waals surface area contributed by atoms with Gasteiger partial charge in [-0.3, -0.25) is 4.79 Å². The molecule has 1 saturated carbocycles. The molecular weight excluding hydrogens is 166 g/mol. The van der Waals surface area contributed by atoms with Gasteiger partial charge in [-0.25, -0.2) is 0 Å². The third-order valence-corrected chi connectivity index (χ3v) is 3.93. The standard InChI is InChI=1S/C10H17NO2/c1-10-5-3-2-4-7(10)6-11-8(10)9(12)13/h7-8,11H,2-6H2,1H3,(H,12,13). The van der Waals surface area contributed by atoms with Crippen LogP contribution < -0.4 is 5.32 Å². The SMILES string of the molecule is CC12CCCCC1CNC2C(=O)O. The maximum absolute atomic E-state index is 11.0. The van der Waals surface area contributed by atoms with E-state index in [-0.39, 0.29) is 11.5 Å². The Bertz CT molecular complexity index is 229. The minimum absolute atomic E-state index is 0.0179. The second-order valence-corrected chi connectivity index (χ2v) is 4.63. The van der Waals surface area contributed by atoms with Crippen LogP contribution in [-0.4, -0.2) is 23.7 Å². The highest BCUT2D eigenvalue weighted by Gasteiger charge is 2.50. The molecule has 0 aromatic carbocycles. The summed E-state index contributed by atoms with van der Waals surface area (Å²) in [4.78, 5) is 11.0. The molecule has 1 aliphatic carbocycles. The lowest BCUT2D eigenvalue weighted by Gasteiger charge is -2.37. The van der Waals surface area contributed by atoms with E-state index in [9.17, 15) is 4.79 Å². The average Bonchev–Trinajstić information content (AvgIpc) is 2.41. The fourth-order valence-electron chi connectivity index (χ4n) is 3.01. The maximum Gasteiger partial charge on any atom is 0.321 e. The van der Waals surface area contributed by atoms with Crippen molar-refractivity contribution >= 4 is 5.97 Å². The third kappa shape index (κ3) is 1.26. The molecule has 0 amide bonds. The van der Waals surface area contributed by atoms with Crippen molar-refractivity contribution in [2.45, 2.75) is 38.6 Å². The highest BCUT2D eigenvalue weighted by atomic mass is 16.4. The highest BCUT2D eigenvalue weighted by molar-refractivity contribution is 5.75. The van der Waals surface area contributed by atoms with Gasteiger partial charge in [0.25, 0.3) is 0 Å². The zero-order valence-electron chi connectivity index (χ0n) is 8.05. The summed E-state index contributed by atoms with van der Waals surface area (Å²) in [5.74, 6) is -0.0887. The van der Waals surface area contributed by atoms with Gasteiger partial charge in [-0.2, -0.15) is 0 Å². The Labute approximate surface area is 78.5 Å². The minimum Gasteiger partial charge on any atom is -0.480 e. The lowest BCUT2D eigenvalue weighted by molar-refractivity contribution is -0.142. The summed E-state index contributed by atoms with van der Waals surface area (Å²) < 4.78 is 0. The van der Waals surface area contributed by atoms with Gasteiger partial charge in [-0.1, -0.05) is 19.8 Å². The predicted molar refractivity (Wildman–Crippen MR) is 49.5 cm³/mol. The highest BCUT2D eigenvalue weighted by Crippen LogP contribution is 2.46. The minimum atomic E-state index is -0.674.